The number of halogens is 3. The van der Waals surface area contributed by atoms with Gasteiger partial charge in [0.1, 0.15) is 17.6 Å². The summed E-state index contributed by atoms with van der Waals surface area (Å²) < 4.78 is 20.4. The lowest BCUT2D eigenvalue weighted by Gasteiger charge is -2.29. The Bertz CT molecular complexity index is 894. The van der Waals surface area contributed by atoms with Crippen LogP contribution in [0.2, 0.25) is 5.02 Å². The molecule has 0 fully saturated rings. The van der Waals surface area contributed by atoms with Gasteiger partial charge in [0.2, 0.25) is 5.91 Å². The first kappa shape index (κ1) is 24.2. The van der Waals surface area contributed by atoms with Crippen molar-refractivity contribution in [2.24, 2.45) is 5.92 Å². The number of benzene rings is 2. The minimum atomic E-state index is -0.798. The van der Waals surface area contributed by atoms with E-state index in [9.17, 15) is 14.0 Å². The maximum absolute atomic E-state index is 14.2. The summed E-state index contributed by atoms with van der Waals surface area (Å²) in [6.45, 7) is 5.70. The van der Waals surface area contributed by atoms with Gasteiger partial charge in [-0.2, -0.15) is 0 Å². The van der Waals surface area contributed by atoms with Gasteiger partial charge in [0, 0.05) is 23.7 Å². The van der Waals surface area contributed by atoms with Gasteiger partial charge < -0.3 is 15.0 Å². The molecule has 162 valence electrons. The topological polar surface area (TPSA) is 58.6 Å². The minimum absolute atomic E-state index is 0.0487. The van der Waals surface area contributed by atoms with E-state index in [4.69, 9.17) is 16.3 Å². The molecule has 0 saturated carbocycles. The van der Waals surface area contributed by atoms with Gasteiger partial charge in [0.15, 0.2) is 6.61 Å². The first-order chi connectivity index (χ1) is 14.2. The second-order valence-electron chi connectivity index (χ2n) is 7.29. The highest BCUT2D eigenvalue weighted by Crippen LogP contribution is 2.28. The third-order valence-corrected chi connectivity index (χ3v) is 5.25. The molecule has 0 aromatic heterocycles. The lowest BCUT2D eigenvalue weighted by Crippen LogP contribution is -2.49. The molecule has 0 heterocycles. The Labute approximate surface area is 189 Å². The average molecular weight is 500 g/mol. The number of hydrogen-bond donors (Lipinski definition) is 1. The number of rotatable bonds is 9. The van der Waals surface area contributed by atoms with Gasteiger partial charge in [-0.25, -0.2) is 4.39 Å². The quantitative estimate of drug-likeness (QED) is 0.539. The third kappa shape index (κ3) is 6.99. The normalized spacial score (nSPS) is 11.8. The largest absolute Gasteiger partial charge is 0.483 e. The van der Waals surface area contributed by atoms with Crippen molar-refractivity contribution in [3.8, 4) is 5.75 Å². The van der Waals surface area contributed by atoms with Crippen molar-refractivity contribution in [1.29, 1.82) is 0 Å². The summed E-state index contributed by atoms with van der Waals surface area (Å²) in [5.74, 6) is -0.474. The molecular formula is C22H25BrClFN2O3. The van der Waals surface area contributed by atoms with E-state index in [0.29, 0.717) is 27.4 Å². The highest BCUT2D eigenvalue weighted by atomic mass is 79.9. The molecule has 30 heavy (non-hydrogen) atoms. The number of nitrogens with zero attached hydrogens (tertiary/aromatic N) is 1. The maximum atomic E-state index is 14.2. The zero-order chi connectivity index (χ0) is 22.3. The molecule has 2 rings (SSSR count). The van der Waals surface area contributed by atoms with Gasteiger partial charge >= 0.3 is 0 Å². The van der Waals surface area contributed by atoms with Gasteiger partial charge in [-0.15, -0.1) is 0 Å². The van der Waals surface area contributed by atoms with E-state index >= 15 is 0 Å². The Kier molecular flexibility index (Phi) is 9.11. The molecule has 0 spiro atoms. The molecule has 5 nitrogen and oxygen atoms in total. The van der Waals surface area contributed by atoms with Crippen LogP contribution in [0, 0.1) is 11.7 Å². The number of carbonyl (C=O) groups excluding carboxylic acids is 2. The van der Waals surface area contributed by atoms with Crippen molar-refractivity contribution in [1.82, 2.24) is 10.2 Å². The van der Waals surface area contributed by atoms with Crippen molar-refractivity contribution >= 4 is 39.3 Å². The van der Waals surface area contributed by atoms with Crippen molar-refractivity contribution in [2.75, 3.05) is 13.2 Å². The summed E-state index contributed by atoms with van der Waals surface area (Å²) >= 11 is 9.26. The molecule has 0 saturated heterocycles. The van der Waals surface area contributed by atoms with Crippen molar-refractivity contribution in [2.45, 2.75) is 33.4 Å². The standard InChI is InChI=1S/C22H25BrClFN2O3/c1-14(2)11-26-22(29)15(3)27(12-16-6-4-5-7-19(16)25)21(28)13-30-20-9-8-17(24)10-18(20)23/h4-10,14-15H,11-13H2,1-3H3,(H,26,29)/t15-/m1/s1. The Morgan fingerprint density at radius 3 is 2.53 bits per heavy atom. The van der Waals surface area contributed by atoms with Crippen molar-refractivity contribution < 1.29 is 18.7 Å². The van der Waals surface area contributed by atoms with Gasteiger partial charge in [0.25, 0.3) is 5.91 Å². The zero-order valence-electron chi connectivity index (χ0n) is 17.1. The fraction of sp³-hybridized carbons (Fsp3) is 0.364. The molecule has 1 N–H and O–H groups in total. The van der Waals surface area contributed by atoms with Gasteiger partial charge in [-0.3, -0.25) is 9.59 Å². The lowest BCUT2D eigenvalue weighted by molar-refractivity contribution is -0.142. The predicted molar refractivity (Wildman–Crippen MR) is 119 cm³/mol. The summed E-state index contributed by atoms with van der Waals surface area (Å²) in [5.41, 5.74) is 0.321. The fourth-order valence-corrected chi connectivity index (χ4v) is 3.46. The smallest absolute Gasteiger partial charge is 0.261 e. The number of hydrogen-bond acceptors (Lipinski definition) is 3. The number of nitrogens with one attached hydrogen (secondary N) is 1. The Hall–Kier alpha value is -2.12. The summed E-state index contributed by atoms with van der Waals surface area (Å²) in [4.78, 5) is 26.8. The van der Waals surface area contributed by atoms with Crippen LogP contribution in [-0.4, -0.2) is 35.9 Å². The molecule has 8 heteroatoms. The van der Waals surface area contributed by atoms with E-state index in [1.807, 2.05) is 13.8 Å². The number of amides is 2. The molecule has 0 aliphatic heterocycles. The van der Waals surface area contributed by atoms with Crippen LogP contribution in [0.25, 0.3) is 0 Å². The van der Waals surface area contributed by atoms with Crippen molar-refractivity contribution in [3.63, 3.8) is 0 Å². The average Bonchev–Trinajstić information content (AvgIpc) is 2.70. The monoisotopic (exact) mass is 498 g/mol. The number of carbonyl (C=O) groups is 2. The van der Waals surface area contributed by atoms with E-state index in [2.05, 4.69) is 21.2 Å². The van der Waals surface area contributed by atoms with Crippen LogP contribution in [0.5, 0.6) is 5.75 Å². The van der Waals surface area contributed by atoms with E-state index in [1.54, 1.807) is 43.3 Å². The highest BCUT2D eigenvalue weighted by molar-refractivity contribution is 9.10. The van der Waals surface area contributed by atoms with Gasteiger partial charge in [0.05, 0.1) is 4.47 Å². The van der Waals surface area contributed by atoms with Crippen LogP contribution in [0.3, 0.4) is 0 Å². The lowest BCUT2D eigenvalue weighted by atomic mass is 10.1. The Morgan fingerprint density at radius 2 is 1.90 bits per heavy atom. The van der Waals surface area contributed by atoms with Crippen LogP contribution < -0.4 is 10.1 Å². The van der Waals surface area contributed by atoms with E-state index in [1.165, 1.54) is 11.0 Å². The summed E-state index contributed by atoms with van der Waals surface area (Å²) in [5, 5.41) is 3.34. The van der Waals surface area contributed by atoms with Crippen LogP contribution in [-0.2, 0) is 16.1 Å². The Balaban J connectivity index is 2.17. The van der Waals surface area contributed by atoms with E-state index < -0.39 is 17.8 Å². The third-order valence-electron chi connectivity index (χ3n) is 4.40. The van der Waals surface area contributed by atoms with E-state index in [0.717, 1.165) is 0 Å². The van der Waals surface area contributed by atoms with Crippen LogP contribution in [0.4, 0.5) is 4.39 Å². The van der Waals surface area contributed by atoms with Crippen LogP contribution in [0.15, 0.2) is 46.9 Å². The molecule has 2 aromatic carbocycles. The molecule has 1 atom stereocenters. The Morgan fingerprint density at radius 1 is 1.20 bits per heavy atom. The maximum Gasteiger partial charge on any atom is 0.261 e. The second kappa shape index (κ2) is 11.3. The van der Waals surface area contributed by atoms with Crippen LogP contribution in [0.1, 0.15) is 26.3 Å². The predicted octanol–water partition coefficient (Wildman–Crippen LogP) is 4.81. The fourth-order valence-electron chi connectivity index (χ4n) is 2.66. The molecule has 0 aliphatic carbocycles. The molecule has 2 amide bonds. The molecule has 0 unspecified atom stereocenters. The van der Waals surface area contributed by atoms with E-state index in [-0.39, 0.29) is 25.0 Å². The summed E-state index contributed by atoms with van der Waals surface area (Å²) in [6.07, 6.45) is 0. The van der Waals surface area contributed by atoms with Crippen molar-refractivity contribution in [3.05, 3.63) is 63.3 Å². The minimum Gasteiger partial charge on any atom is -0.483 e. The molecule has 0 bridgehead atoms. The number of ether oxygens (including phenoxy) is 1. The highest BCUT2D eigenvalue weighted by Gasteiger charge is 2.27. The molecule has 2 aromatic rings. The molecule has 0 aliphatic rings. The zero-order valence-corrected chi connectivity index (χ0v) is 19.5. The first-order valence-electron chi connectivity index (χ1n) is 9.57. The molecular weight excluding hydrogens is 475 g/mol. The van der Waals surface area contributed by atoms with Gasteiger partial charge in [-0.05, 0) is 53.0 Å². The SMILES string of the molecule is CC(C)CNC(=O)[C@@H](C)N(Cc1ccccc1F)C(=O)COc1ccc(Cl)cc1Br. The second-order valence-corrected chi connectivity index (χ2v) is 8.58. The van der Waals surface area contributed by atoms with Gasteiger partial charge in [-0.1, -0.05) is 43.6 Å². The summed E-state index contributed by atoms with van der Waals surface area (Å²) in [6, 6.07) is 10.3. The summed E-state index contributed by atoms with van der Waals surface area (Å²) in [7, 11) is 0. The molecule has 0 radical (unpaired) electrons. The van der Waals surface area contributed by atoms with Crippen LogP contribution >= 0.6 is 27.5 Å². The first-order valence-corrected chi connectivity index (χ1v) is 10.7.